The third kappa shape index (κ3) is 4.80. The summed E-state index contributed by atoms with van der Waals surface area (Å²) >= 11 is 0. The zero-order valence-corrected chi connectivity index (χ0v) is 13.5. The van der Waals surface area contributed by atoms with E-state index in [9.17, 15) is 13.2 Å². The van der Waals surface area contributed by atoms with Gasteiger partial charge in [0, 0.05) is 5.56 Å². The van der Waals surface area contributed by atoms with Crippen molar-refractivity contribution in [3.63, 3.8) is 0 Å². The van der Waals surface area contributed by atoms with Gasteiger partial charge in [-0.2, -0.15) is 0 Å². The molecule has 1 amide bonds. The fourth-order valence-corrected chi connectivity index (χ4v) is 2.59. The lowest BCUT2D eigenvalue weighted by Gasteiger charge is -2.08. The van der Waals surface area contributed by atoms with Gasteiger partial charge in [0.25, 0.3) is 5.91 Å². The SMILES string of the molecule is CNS(=O)(=O)c1ccc(C(=O)NCCOc2ccccc2)cc1. The molecule has 7 heteroatoms. The van der Waals surface area contributed by atoms with Gasteiger partial charge in [0.2, 0.25) is 10.0 Å². The molecule has 2 aromatic rings. The van der Waals surface area contributed by atoms with Crippen molar-refractivity contribution in [2.24, 2.45) is 0 Å². The largest absolute Gasteiger partial charge is 0.492 e. The van der Waals surface area contributed by atoms with Gasteiger partial charge in [-0.25, -0.2) is 13.1 Å². The number of sulfonamides is 1. The highest BCUT2D eigenvalue weighted by Gasteiger charge is 2.12. The van der Waals surface area contributed by atoms with E-state index >= 15 is 0 Å². The summed E-state index contributed by atoms with van der Waals surface area (Å²) in [5.41, 5.74) is 0.389. The second kappa shape index (κ2) is 7.75. The molecule has 0 aliphatic heterocycles. The molecule has 0 radical (unpaired) electrons. The van der Waals surface area contributed by atoms with Crippen LogP contribution < -0.4 is 14.8 Å². The maximum Gasteiger partial charge on any atom is 0.251 e. The molecule has 0 saturated heterocycles. The molecule has 0 fully saturated rings. The molecule has 23 heavy (non-hydrogen) atoms. The summed E-state index contributed by atoms with van der Waals surface area (Å²) in [7, 11) is -2.16. The average molecular weight is 334 g/mol. The summed E-state index contributed by atoms with van der Waals surface area (Å²) in [6, 6.07) is 15.0. The summed E-state index contributed by atoms with van der Waals surface area (Å²) in [6.45, 7) is 0.701. The quantitative estimate of drug-likeness (QED) is 0.750. The molecule has 0 heterocycles. The van der Waals surface area contributed by atoms with Gasteiger partial charge in [-0.15, -0.1) is 0 Å². The second-order valence-corrected chi connectivity index (χ2v) is 6.54. The molecule has 0 atom stereocenters. The highest BCUT2D eigenvalue weighted by molar-refractivity contribution is 7.89. The summed E-state index contributed by atoms with van der Waals surface area (Å²) in [5.74, 6) is 0.457. The number of benzene rings is 2. The van der Waals surface area contributed by atoms with Crippen LogP contribution in [0.5, 0.6) is 5.75 Å². The number of hydrogen-bond donors (Lipinski definition) is 2. The number of carbonyl (C=O) groups is 1. The average Bonchev–Trinajstić information content (AvgIpc) is 2.59. The maximum atomic E-state index is 12.0. The van der Waals surface area contributed by atoms with E-state index in [1.54, 1.807) is 0 Å². The van der Waals surface area contributed by atoms with Gasteiger partial charge in [0.15, 0.2) is 0 Å². The Bertz CT molecular complexity index is 743. The number of hydrogen-bond acceptors (Lipinski definition) is 4. The molecule has 6 nitrogen and oxygen atoms in total. The summed E-state index contributed by atoms with van der Waals surface area (Å²) < 4.78 is 30.9. The molecule has 2 N–H and O–H groups in total. The highest BCUT2D eigenvalue weighted by Crippen LogP contribution is 2.10. The first-order chi connectivity index (χ1) is 11.0. The van der Waals surface area contributed by atoms with Crippen LogP contribution >= 0.6 is 0 Å². The zero-order valence-electron chi connectivity index (χ0n) is 12.7. The standard InChI is InChI=1S/C16H18N2O4S/c1-17-23(20,21)15-9-7-13(8-10-15)16(19)18-11-12-22-14-5-3-2-4-6-14/h2-10,17H,11-12H2,1H3,(H,18,19). The number of para-hydroxylation sites is 1. The van der Waals surface area contributed by atoms with Gasteiger partial charge < -0.3 is 10.1 Å². The predicted molar refractivity (Wildman–Crippen MR) is 87.0 cm³/mol. The van der Waals surface area contributed by atoms with Gasteiger partial charge in [0.1, 0.15) is 12.4 Å². The topological polar surface area (TPSA) is 84.5 Å². The number of amides is 1. The van der Waals surface area contributed by atoms with E-state index in [1.807, 2.05) is 30.3 Å². The Morgan fingerprint density at radius 1 is 1.04 bits per heavy atom. The van der Waals surface area contributed by atoms with Gasteiger partial charge in [-0.3, -0.25) is 4.79 Å². The van der Waals surface area contributed by atoms with Crippen LogP contribution in [0.2, 0.25) is 0 Å². The Morgan fingerprint density at radius 2 is 1.70 bits per heavy atom. The molecule has 0 unspecified atom stereocenters. The Morgan fingerprint density at radius 3 is 2.30 bits per heavy atom. The molecular weight excluding hydrogens is 316 g/mol. The first-order valence-corrected chi connectivity index (χ1v) is 8.51. The molecule has 0 spiro atoms. The van der Waals surface area contributed by atoms with Crippen molar-refractivity contribution in [1.82, 2.24) is 10.0 Å². The van der Waals surface area contributed by atoms with Crippen molar-refractivity contribution in [2.45, 2.75) is 4.90 Å². The van der Waals surface area contributed by atoms with Crippen LogP contribution in [0.25, 0.3) is 0 Å². The Hall–Kier alpha value is -2.38. The number of ether oxygens (including phenoxy) is 1. The van der Waals surface area contributed by atoms with E-state index in [1.165, 1.54) is 31.3 Å². The molecule has 0 bridgehead atoms. The van der Waals surface area contributed by atoms with Crippen LogP contribution in [0.1, 0.15) is 10.4 Å². The van der Waals surface area contributed by atoms with Crippen molar-refractivity contribution in [3.8, 4) is 5.75 Å². The summed E-state index contributed by atoms with van der Waals surface area (Å²) in [4.78, 5) is 12.1. The minimum absolute atomic E-state index is 0.115. The second-order valence-electron chi connectivity index (χ2n) is 4.65. The van der Waals surface area contributed by atoms with E-state index in [2.05, 4.69) is 10.0 Å². The van der Waals surface area contributed by atoms with Crippen LogP contribution in [0.15, 0.2) is 59.5 Å². The lowest BCUT2D eigenvalue weighted by atomic mass is 10.2. The Kier molecular flexibility index (Phi) is 5.72. The van der Waals surface area contributed by atoms with Crippen molar-refractivity contribution in [1.29, 1.82) is 0 Å². The summed E-state index contributed by atoms with van der Waals surface area (Å²) in [5, 5.41) is 2.71. The lowest BCUT2D eigenvalue weighted by molar-refractivity contribution is 0.0947. The van der Waals surface area contributed by atoms with Crippen LogP contribution in [0.3, 0.4) is 0 Å². The molecular formula is C16H18N2O4S. The van der Waals surface area contributed by atoms with Crippen LogP contribution in [-0.2, 0) is 10.0 Å². The summed E-state index contributed by atoms with van der Waals surface area (Å²) in [6.07, 6.45) is 0. The van der Waals surface area contributed by atoms with Crippen LogP contribution in [-0.4, -0.2) is 34.5 Å². The van der Waals surface area contributed by atoms with E-state index < -0.39 is 10.0 Å². The lowest BCUT2D eigenvalue weighted by Crippen LogP contribution is -2.28. The van der Waals surface area contributed by atoms with Gasteiger partial charge in [0.05, 0.1) is 11.4 Å². The minimum atomic E-state index is -3.49. The van der Waals surface area contributed by atoms with Crippen LogP contribution in [0, 0.1) is 0 Å². The third-order valence-electron chi connectivity index (χ3n) is 3.10. The smallest absolute Gasteiger partial charge is 0.251 e. The van der Waals surface area contributed by atoms with Gasteiger partial charge in [-0.05, 0) is 43.4 Å². The Labute approximate surface area is 135 Å². The van der Waals surface area contributed by atoms with Gasteiger partial charge in [-0.1, -0.05) is 18.2 Å². The first kappa shape index (κ1) is 17.0. The Balaban J connectivity index is 1.84. The van der Waals surface area contributed by atoms with E-state index in [-0.39, 0.29) is 10.8 Å². The van der Waals surface area contributed by atoms with Crippen molar-refractivity contribution < 1.29 is 17.9 Å². The number of carbonyl (C=O) groups excluding carboxylic acids is 1. The van der Waals surface area contributed by atoms with E-state index in [0.717, 1.165) is 5.75 Å². The molecule has 0 aliphatic carbocycles. The monoisotopic (exact) mass is 334 g/mol. The van der Waals surface area contributed by atoms with E-state index in [4.69, 9.17) is 4.74 Å². The van der Waals surface area contributed by atoms with Gasteiger partial charge >= 0.3 is 0 Å². The minimum Gasteiger partial charge on any atom is -0.492 e. The molecule has 122 valence electrons. The molecule has 0 aliphatic rings. The van der Waals surface area contributed by atoms with Crippen molar-refractivity contribution >= 4 is 15.9 Å². The maximum absolute atomic E-state index is 12.0. The van der Waals surface area contributed by atoms with Crippen LogP contribution in [0.4, 0.5) is 0 Å². The third-order valence-corrected chi connectivity index (χ3v) is 4.53. The normalized spacial score (nSPS) is 11.0. The molecule has 2 aromatic carbocycles. The highest BCUT2D eigenvalue weighted by atomic mass is 32.2. The molecule has 0 aromatic heterocycles. The predicted octanol–water partition coefficient (Wildman–Crippen LogP) is 1.40. The fourth-order valence-electron chi connectivity index (χ4n) is 1.86. The van der Waals surface area contributed by atoms with E-state index in [0.29, 0.717) is 18.7 Å². The fraction of sp³-hybridized carbons (Fsp3) is 0.188. The van der Waals surface area contributed by atoms with Crippen molar-refractivity contribution in [2.75, 3.05) is 20.2 Å². The van der Waals surface area contributed by atoms with Crippen molar-refractivity contribution in [3.05, 3.63) is 60.2 Å². The first-order valence-electron chi connectivity index (χ1n) is 7.02. The molecule has 0 saturated carbocycles. The number of rotatable bonds is 7. The zero-order chi connectivity index (χ0) is 16.7. The molecule has 2 rings (SSSR count). The number of nitrogens with one attached hydrogen (secondary N) is 2.